The molecule has 0 fully saturated rings. The highest BCUT2D eigenvalue weighted by Crippen LogP contribution is 2.25. The Morgan fingerprint density at radius 2 is 1.44 bits per heavy atom. The zero-order valence-corrected chi connectivity index (χ0v) is 18.4. The minimum Gasteiger partial charge on any atom is -0.353 e. The van der Waals surface area contributed by atoms with Crippen LogP contribution < -0.4 is 0 Å². The van der Waals surface area contributed by atoms with Crippen molar-refractivity contribution in [2.45, 2.75) is 104 Å². The van der Waals surface area contributed by atoms with Crippen molar-refractivity contribution in [3.63, 3.8) is 0 Å². The molecular weight excluding hydrogens is 348 g/mol. The highest BCUT2D eigenvalue weighted by molar-refractivity contribution is 4.60. The fourth-order valence-corrected chi connectivity index (χ4v) is 2.58. The highest BCUT2D eigenvalue weighted by atomic mass is 17.2. The Hall–Kier alpha value is -0.240. The van der Waals surface area contributed by atoms with Crippen LogP contribution in [0.5, 0.6) is 0 Å². The molecule has 0 aliphatic carbocycles. The molecule has 2 unspecified atom stereocenters. The molecule has 0 aliphatic heterocycles. The van der Waals surface area contributed by atoms with E-state index in [0.29, 0.717) is 32.8 Å². The van der Waals surface area contributed by atoms with Gasteiger partial charge in [0.15, 0.2) is 6.29 Å². The van der Waals surface area contributed by atoms with Crippen LogP contribution in [-0.4, -0.2) is 45.8 Å². The Kier molecular flexibility index (Phi) is 18.9. The van der Waals surface area contributed by atoms with Crippen molar-refractivity contribution in [2.24, 2.45) is 0 Å². The maximum Gasteiger partial charge on any atom is 0.282 e. The molecule has 27 heavy (non-hydrogen) atoms. The minimum absolute atomic E-state index is 0.342. The highest BCUT2D eigenvalue weighted by Gasteiger charge is 2.32. The van der Waals surface area contributed by atoms with E-state index >= 15 is 0 Å². The fraction of sp³-hybridized carbons (Fsp3) is 1.00. The van der Waals surface area contributed by atoms with Crippen LogP contribution in [0, 0.1) is 0 Å². The first-order valence-corrected chi connectivity index (χ1v) is 10.9. The lowest BCUT2D eigenvalue weighted by molar-refractivity contribution is -0.384. The quantitative estimate of drug-likeness (QED) is 0.110. The molecule has 6 heteroatoms. The number of hydrogen-bond acceptors (Lipinski definition) is 6. The van der Waals surface area contributed by atoms with Gasteiger partial charge in [0.25, 0.3) is 5.97 Å². The maximum atomic E-state index is 6.02. The first-order valence-electron chi connectivity index (χ1n) is 10.9. The zero-order chi connectivity index (χ0) is 20.2. The number of rotatable bonds is 21. The van der Waals surface area contributed by atoms with Crippen LogP contribution in [0.4, 0.5) is 0 Å². The summed E-state index contributed by atoms with van der Waals surface area (Å²) < 4.78 is 23.2. The molecule has 0 aliphatic rings. The van der Waals surface area contributed by atoms with Crippen molar-refractivity contribution in [1.29, 1.82) is 0 Å². The second-order valence-electron chi connectivity index (χ2n) is 6.70. The van der Waals surface area contributed by atoms with E-state index in [1.807, 2.05) is 6.92 Å². The zero-order valence-electron chi connectivity index (χ0n) is 18.4. The molecule has 0 aromatic heterocycles. The summed E-state index contributed by atoms with van der Waals surface area (Å²) in [7, 11) is 1.64. The standard InChI is InChI=1S/C21H44O6/c1-6-10-14-19-26-27-20(22-5)15-12-13-16-21(23-9-4,24-17-8-3)25-18-11-7-2/h20H,6-19H2,1-5H3. The maximum absolute atomic E-state index is 6.02. The summed E-state index contributed by atoms with van der Waals surface area (Å²) >= 11 is 0. The van der Waals surface area contributed by atoms with Gasteiger partial charge < -0.3 is 18.9 Å². The summed E-state index contributed by atoms with van der Waals surface area (Å²) in [6.45, 7) is 10.8. The molecule has 0 rings (SSSR count). The molecular formula is C21H44O6. The van der Waals surface area contributed by atoms with Gasteiger partial charge in [-0.1, -0.05) is 40.0 Å². The molecule has 0 saturated carbocycles. The van der Waals surface area contributed by atoms with Crippen molar-refractivity contribution in [3.8, 4) is 0 Å². The van der Waals surface area contributed by atoms with Gasteiger partial charge in [-0.25, -0.2) is 9.78 Å². The molecule has 0 amide bonds. The monoisotopic (exact) mass is 392 g/mol. The Balaban J connectivity index is 4.28. The van der Waals surface area contributed by atoms with E-state index in [2.05, 4.69) is 20.8 Å². The van der Waals surface area contributed by atoms with Crippen LogP contribution in [0.25, 0.3) is 0 Å². The van der Waals surface area contributed by atoms with Gasteiger partial charge in [-0.3, -0.25) is 0 Å². The van der Waals surface area contributed by atoms with Gasteiger partial charge in [-0.15, -0.1) is 0 Å². The summed E-state index contributed by atoms with van der Waals surface area (Å²) in [5.41, 5.74) is 0. The fourth-order valence-electron chi connectivity index (χ4n) is 2.58. The molecule has 0 N–H and O–H groups in total. The summed E-state index contributed by atoms with van der Waals surface area (Å²) in [6, 6.07) is 0. The number of hydrogen-bond donors (Lipinski definition) is 0. The Labute approximate surface area is 167 Å². The van der Waals surface area contributed by atoms with E-state index in [9.17, 15) is 0 Å². The lowest BCUT2D eigenvalue weighted by Gasteiger charge is -2.33. The van der Waals surface area contributed by atoms with Gasteiger partial charge in [0, 0.05) is 26.6 Å². The van der Waals surface area contributed by atoms with Gasteiger partial charge >= 0.3 is 0 Å². The number of ether oxygens (including phenoxy) is 4. The van der Waals surface area contributed by atoms with Crippen molar-refractivity contribution >= 4 is 0 Å². The van der Waals surface area contributed by atoms with E-state index < -0.39 is 5.97 Å². The normalized spacial score (nSPS) is 15.0. The lowest BCUT2D eigenvalue weighted by Crippen LogP contribution is -2.40. The predicted molar refractivity (Wildman–Crippen MR) is 107 cm³/mol. The molecule has 2 atom stereocenters. The number of unbranched alkanes of at least 4 members (excludes halogenated alkanes) is 4. The van der Waals surface area contributed by atoms with Gasteiger partial charge in [0.2, 0.25) is 0 Å². The summed E-state index contributed by atoms with van der Waals surface area (Å²) in [5.74, 6) is -0.931. The topological polar surface area (TPSA) is 55.4 Å². The van der Waals surface area contributed by atoms with Crippen LogP contribution in [0.2, 0.25) is 0 Å². The van der Waals surface area contributed by atoms with Crippen LogP contribution in [-0.2, 0) is 28.7 Å². The summed E-state index contributed by atoms with van der Waals surface area (Å²) in [6.07, 6.45) is 9.26. The minimum atomic E-state index is -0.931. The third kappa shape index (κ3) is 14.4. The Morgan fingerprint density at radius 3 is 2.07 bits per heavy atom. The average molecular weight is 393 g/mol. The second kappa shape index (κ2) is 19.1. The molecule has 0 spiro atoms. The van der Waals surface area contributed by atoms with Crippen molar-refractivity contribution in [2.75, 3.05) is 33.5 Å². The summed E-state index contributed by atoms with van der Waals surface area (Å²) in [4.78, 5) is 10.6. The van der Waals surface area contributed by atoms with E-state index in [1.165, 1.54) is 6.42 Å². The molecule has 0 radical (unpaired) electrons. The molecule has 164 valence electrons. The van der Waals surface area contributed by atoms with E-state index in [-0.39, 0.29) is 6.29 Å². The molecule has 6 nitrogen and oxygen atoms in total. The van der Waals surface area contributed by atoms with Gasteiger partial charge in [0.05, 0.1) is 19.8 Å². The van der Waals surface area contributed by atoms with Gasteiger partial charge in [0.1, 0.15) is 0 Å². The van der Waals surface area contributed by atoms with E-state index in [4.69, 9.17) is 28.7 Å². The smallest absolute Gasteiger partial charge is 0.282 e. The first-order chi connectivity index (χ1) is 13.2. The van der Waals surface area contributed by atoms with Crippen LogP contribution in [0.1, 0.15) is 91.9 Å². The third-order valence-electron chi connectivity index (χ3n) is 4.15. The third-order valence-corrected chi connectivity index (χ3v) is 4.15. The van der Waals surface area contributed by atoms with Crippen LogP contribution in [0.15, 0.2) is 0 Å². The van der Waals surface area contributed by atoms with E-state index in [0.717, 1.165) is 51.4 Å². The van der Waals surface area contributed by atoms with Crippen molar-refractivity contribution in [3.05, 3.63) is 0 Å². The molecule has 0 aromatic carbocycles. The second-order valence-corrected chi connectivity index (χ2v) is 6.70. The first kappa shape index (κ1) is 26.8. The molecule has 0 saturated heterocycles. The largest absolute Gasteiger partial charge is 0.353 e. The molecule has 0 heterocycles. The van der Waals surface area contributed by atoms with Gasteiger partial charge in [-0.2, -0.15) is 0 Å². The van der Waals surface area contributed by atoms with Crippen molar-refractivity contribution in [1.82, 2.24) is 0 Å². The Bertz CT molecular complexity index is 302. The van der Waals surface area contributed by atoms with Crippen molar-refractivity contribution < 1.29 is 28.7 Å². The summed E-state index contributed by atoms with van der Waals surface area (Å²) in [5, 5.41) is 0. The average Bonchev–Trinajstić information content (AvgIpc) is 2.68. The van der Waals surface area contributed by atoms with Crippen LogP contribution in [0.3, 0.4) is 0 Å². The number of methoxy groups -OCH3 is 1. The van der Waals surface area contributed by atoms with E-state index in [1.54, 1.807) is 7.11 Å². The lowest BCUT2D eigenvalue weighted by atomic mass is 10.1. The van der Waals surface area contributed by atoms with Crippen LogP contribution >= 0.6 is 0 Å². The van der Waals surface area contributed by atoms with Gasteiger partial charge in [-0.05, 0) is 39.0 Å². The SMILES string of the molecule is CCCCCOOC(CCCCC(OCC)(OCCC)OCCCC)OC. The Morgan fingerprint density at radius 1 is 0.704 bits per heavy atom. The predicted octanol–water partition coefficient (Wildman–Crippen LogP) is 5.59. The molecule has 0 aromatic rings. The molecule has 0 bridgehead atoms.